The summed E-state index contributed by atoms with van der Waals surface area (Å²) in [6.07, 6.45) is 1.84. The lowest BCUT2D eigenvalue weighted by molar-refractivity contribution is 0.0690. The first kappa shape index (κ1) is 13.3. The van der Waals surface area contributed by atoms with Crippen LogP contribution in [0.5, 0.6) is 0 Å². The van der Waals surface area contributed by atoms with Crippen molar-refractivity contribution in [3.05, 3.63) is 47.5 Å². The molecule has 0 saturated carbocycles. The van der Waals surface area contributed by atoms with Crippen molar-refractivity contribution in [1.82, 2.24) is 0 Å². The smallest absolute Gasteiger partial charge is 0.169 e. The van der Waals surface area contributed by atoms with Gasteiger partial charge in [-0.2, -0.15) is 0 Å². The van der Waals surface area contributed by atoms with Gasteiger partial charge in [0.2, 0.25) is 0 Å². The Morgan fingerprint density at radius 3 is 2.70 bits per heavy atom. The number of carbonyl (C=O) groups is 1. The van der Waals surface area contributed by atoms with E-state index in [4.69, 9.17) is 4.74 Å². The molecule has 2 nitrogen and oxygen atoms in total. The molecule has 2 unspecified atom stereocenters. The molecule has 0 N–H and O–H groups in total. The third-order valence-corrected chi connectivity index (χ3v) is 4.36. The third kappa shape index (κ3) is 2.14. The van der Waals surface area contributed by atoms with E-state index in [-0.39, 0.29) is 17.8 Å². The van der Waals surface area contributed by atoms with Gasteiger partial charge in [0.25, 0.3) is 0 Å². The summed E-state index contributed by atoms with van der Waals surface area (Å²) in [7, 11) is 0. The molecule has 1 heterocycles. The molecule has 1 aliphatic heterocycles. The van der Waals surface area contributed by atoms with E-state index in [1.54, 1.807) is 0 Å². The van der Waals surface area contributed by atoms with Crippen LogP contribution in [0.15, 0.2) is 36.4 Å². The lowest BCUT2D eigenvalue weighted by Crippen LogP contribution is -2.24. The Kier molecular flexibility index (Phi) is 3.58. The topological polar surface area (TPSA) is 26.3 Å². The molecule has 0 spiro atoms. The van der Waals surface area contributed by atoms with Gasteiger partial charge in [-0.1, -0.05) is 43.3 Å². The van der Waals surface area contributed by atoms with Crippen molar-refractivity contribution in [2.24, 2.45) is 5.92 Å². The summed E-state index contributed by atoms with van der Waals surface area (Å²) in [6, 6.07) is 12.2. The number of carbonyl (C=O) groups excluding carboxylic acids is 1. The predicted molar refractivity (Wildman–Crippen MR) is 81.2 cm³/mol. The zero-order valence-electron chi connectivity index (χ0n) is 12.1. The minimum absolute atomic E-state index is 0.0195. The molecular weight excluding hydrogens is 248 g/mol. The maximum absolute atomic E-state index is 12.9. The second kappa shape index (κ2) is 5.37. The number of rotatable bonds is 3. The first-order valence-corrected chi connectivity index (χ1v) is 7.36. The Hall–Kier alpha value is -1.67. The number of hydrogen-bond acceptors (Lipinski definition) is 2. The van der Waals surface area contributed by atoms with E-state index in [9.17, 15) is 4.79 Å². The Labute approximate surface area is 119 Å². The van der Waals surface area contributed by atoms with Gasteiger partial charge < -0.3 is 4.74 Å². The van der Waals surface area contributed by atoms with Crippen LogP contribution in [0.2, 0.25) is 0 Å². The Bertz CT molecular complexity index is 645. The molecule has 2 aromatic rings. The van der Waals surface area contributed by atoms with E-state index in [1.165, 1.54) is 10.9 Å². The first-order valence-electron chi connectivity index (χ1n) is 7.36. The van der Waals surface area contributed by atoms with Gasteiger partial charge in [0.15, 0.2) is 5.78 Å². The predicted octanol–water partition coefficient (Wildman–Crippen LogP) is 4.15. The van der Waals surface area contributed by atoms with Crippen molar-refractivity contribution in [1.29, 1.82) is 0 Å². The molecule has 2 aromatic carbocycles. The second-order valence-corrected chi connectivity index (χ2v) is 5.55. The van der Waals surface area contributed by atoms with E-state index in [1.807, 2.05) is 30.3 Å². The highest BCUT2D eigenvalue weighted by Crippen LogP contribution is 2.30. The minimum Gasteiger partial charge on any atom is -0.377 e. The standard InChI is InChI=1S/C18H20O2/c1-3-17-16(10-11-20-17)18(19)15-9-8-12(2)13-6-4-5-7-14(13)15/h4-9,16-17H,3,10-11H2,1-2H3. The first-order chi connectivity index (χ1) is 9.72. The quantitative estimate of drug-likeness (QED) is 0.782. The Morgan fingerprint density at radius 1 is 1.20 bits per heavy atom. The summed E-state index contributed by atoms with van der Waals surface area (Å²) in [6.45, 7) is 4.88. The van der Waals surface area contributed by atoms with E-state index < -0.39 is 0 Å². The molecule has 3 rings (SSSR count). The van der Waals surface area contributed by atoms with Crippen LogP contribution in [0.3, 0.4) is 0 Å². The van der Waals surface area contributed by atoms with Crippen LogP contribution in [0.4, 0.5) is 0 Å². The maximum atomic E-state index is 12.9. The van der Waals surface area contributed by atoms with Crippen LogP contribution in [0.25, 0.3) is 10.8 Å². The highest BCUT2D eigenvalue weighted by atomic mass is 16.5. The molecular formula is C18H20O2. The van der Waals surface area contributed by atoms with Crippen molar-refractivity contribution < 1.29 is 9.53 Å². The summed E-state index contributed by atoms with van der Waals surface area (Å²) in [5.74, 6) is 0.261. The van der Waals surface area contributed by atoms with Crippen LogP contribution < -0.4 is 0 Å². The van der Waals surface area contributed by atoms with E-state index in [0.717, 1.165) is 23.8 Å². The number of benzene rings is 2. The van der Waals surface area contributed by atoms with E-state index in [0.29, 0.717) is 6.61 Å². The molecule has 2 heteroatoms. The number of aryl methyl sites for hydroxylation is 1. The summed E-state index contributed by atoms with van der Waals surface area (Å²) < 4.78 is 5.67. The molecule has 1 aliphatic rings. The average molecular weight is 268 g/mol. The van der Waals surface area contributed by atoms with Gasteiger partial charge in [-0.05, 0) is 36.1 Å². The number of ketones is 1. The Balaban J connectivity index is 2.06. The van der Waals surface area contributed by atoms with Gasteiger partial charge >= 0.3 is 0 Å². The van der Waals surface area contributed by atoms with Crippen molar-refractivity contribution in [2.75, 3.05) is 6.61 Å². The third-order valence-electron chi connectivity index (χ3n) is 4.36. The van der Waals surface area contributed by atoms with Crippen molar-refractivity contribution in [2.45, 2.75) is 32.8 Å². The number of Topliss-reactive ketones (excluding diaryl/α,β-unsaturated/α-hetero) is 1. The van der Waals surface area contributed by atoms with Crippen LogP contribution in [0.1, 0.15) is 35.7 Å². The van der Waals surface area contributed by atoms with E-state index in [2.05, 4.69) is 19.9 Å². The molecule has 0 aliphatic carbocycles. The molecule has 0 bridgehead atoms. The van der Waals surface area contributed by atoms with Gasteiger partial charge in [-0.25, -0.2) is 0 Å². The van der Waals surface area contributed by atoms with Crippen LogP contribution in [-0.2, 0) is 4.74 Å². The number of hydrogen-bond donors (Lipinski definition) is 0. The number of fused-ring (bicyclic) bond motifs is 1. The lowest BCUT2D eigenvalue weighted by atomic mass is 9.87. The summed E-state index contributed by atoms with van der Waals surface area (Å²) in [5.41, 5.74) is 2.06. The molecule has 0 amide bonds. The highest BCUT2D eigenvalue weighted by molar-refractivity contribution is 6.10. The summed E-state index contributed by atoms with van der Waals surface area (Å²) >= 11 is 0. The fourth-order valence-corrected chi connectivity index (χ4v) is 3.22. The SMILES string of the molecule is CCC1OCCC1C(=O)c1ccc(C)c2ccccc12. The van der Waals surface area contributed by atoms with Crippen LogP contribution >= 0.6 is 0 Å². The van der Waals surface area contributed by atoms with Gasteiger partial charge in [-0.3, -0.25) is 4.79 Å². The van der Waals surface area contributed by atoms with Crippen molar-refractivity contribution >= 4 is 16.6 Å². The van der Waals surface area contributed by atoms with Gasteiger partial charge in [0.1, 0.15) is 0 Å². The largest absolute Gasteiger partial charge is 0.377 e. The zero-order valence-corrected chi connectivity index (χ0v) is 12.1. The van der Waals surface area contributed by atoms with Crippen LogP contribution in [-0.4, -0.2) is 18.5 Å². The van der Waals surface area contributed by atoms with Crippen molar-refractivity contribution in [3.8, 4) is 0 Å². The summed E-state index contributed by atoms with van der Waals surface area (Å²) in [5, 5.41) is 2.24. The molecule has 1 fully saturated rings. The van der Waals surface area contributed by atoms with Gasteiger partial charge in [-0.15, -0.1) is 0 Å². The molecule has 1 saturated heterocycles. The zero-order chi connectivity index (χ0) is 14.1. The second-order valence-electron chi connectivity index (χ2n) is 5.55. The fourth-order valence-electron chi connectivity index (χ4n) is 3.22. The Morgan fingerprint density at radius 2 is 1.95 bits per heavy atom. The minimum atomic E-state index is 0.0195. The van der Waals surface area contributed by atoms with Gasteiger partial charge in [0, 0.05) is 12.2 Å². The molecule has 0 aromatic heterocycles. The molecule has 2 atom stereocenters. The fraction of sp³-hybridized carbons (Fsp3) is 0.389. The highest BCUT2D eigenvalue weighted by Gasteiger charge is 2.33. The van der Waals surface area contributed by atoms with E-state index >= 15 is 0 Å². The average Bonchev–Trinajstić information content (AvgIpc) is 2.96. The van der Waals surface area contributed by atoms with Gasteiger partial charge in [0.05, 0.1) is 12.0 Å². The monoisotopic (exact) mass is 268 g/mol. The van der Waals surface area contributed by atoms with Crippen LogP contribution in [0, 0.1) is 12.8 Å². The molecule has 20 heavy (non-hydrogen) atoms. The molecule has 0 radical (unpaired) electrons. The molecule has 104 valence electrons. The summed E-state index contributed by atoms with van der Waals surface area (Å²) in [4.78, 5) is 12.9. The van der Waals surface area contributed by atoms with Crippen molar-refractivity contribution in [3.63, 3.8) is 0 Å². The maximum Gasteiger partial charge on any atom is 0.169 e. The number of ether oxygens (including phenoxy) is 1. The normalized spacial score (nSPS) is 22.3. The lowest BCUT2D eigenvalue weighted by Gasteiger charge is -2.17.